The quantitative estimate of drug-likeness (QED) is 0.866. The van der Waals surface area contributed by atoms with E-state index in [1.54, 1.807) is 24.8 Å². The van der Waals surface area contributed by atoms with Crippen molar-refractivity contribution in [1.29, 1.82) is 0 Å². The first-order valence-electron chi connectivity index (χ1n) is 7.61. The lowest BCUT2D eigenvalue weighted by Gasteiger charge is -2.38. The molecule has 2 aromatic rings. The van der Waals surface area contributed by atoms with Crippen molar-refractivity contribution in [1.82, 2.24) is 19.7 Å². The van der Waals surface area contributed by atoms with Gasteiger partial charge in [0.2, 0.25) is 0 Å². The SMILES string of the molecule is CC[C@H](c1ccc(F)cc1)N1CCC[C@H](n2cncn2)C1. The summed E-state index contributed by atoms with van der Waals surface area (Å²) in [6, 6.07) is 7.64. The summed E-state index contributed by atoms with van der Waals surface area (Å²) in [6.07, 6.45) is 6.71. The number of halogens is 1. The van der Waals surface area contributed by atoms with E-state index >= 15 is 0 Å². The molecule has 1 aliphatic heterocycles. The van der Waals surface area contributed by atoms with Crippen LogP contribution in [-0.4, -0.2) is 32.8 Å². The molecule has 1 aromatic heterocycles. The van der Waals surface area contributed by atoms with Crippen LogP contribution in [0.15, 0.2) is 36.9 Å². The van der Waals surface area contributed by atoms with Crippen molar-refractivity contribution < 1.29 is 4.39 Å². The molecule has 112 valence electrons. The predicted octanol–water partition coefficient (Wildman–Crippen LogP) is 3.21. The number of likely N-dealkylation sites (tertiary alicyclic amines) is 1. The molecule has 0 bridgehead atoms. The molecule has 1 aromatic carbocycles. The van der Waals surface area contributed by atoms with Crippen molar-refractivity contribution >= 4 is 0 Å². The van der Waals surface area contributed by atoms with Crippen LogP contribution in [0.4, 0.5) is 4.39 Å². The van der Waals surface area contributed by atoms with Crippen LogP contribution in [0.1, 0.15) is 43.8 Å². The molecule has 0 saturated carbocycles. The molecular formula is C16H21FN4. The van der Waals surface area contributed by atoms with Crippen LogP contribution in [0.25, 0.3) is 0 Å². The van der Waals surface area contributed by atoms with E-state index in [1.807, 2.05) is 16.8 Å². The van der Waals surface area contributed by atoms with Crippen molar-refractivity contribution in [2.75, 3.05) is 13.1 Å². The number of piperidine rings is 1. The molecule has 2 atom stereocenters. The second-order valence-electron chi connectivity index (χ2n) is 5.64. The summed E-state index contributed by atoms with van der Waals surface area (Å²) in [5.74, 6) is -0.173. The monoisotopic (exact) mass is 288 g/mol. The first-order valence-corrected chi connectivity index (χ1v) is 7.61. The van der Waals surface area contributed by atoms with E-state index in [2.05, 4.69) is 21.9 Å². The fourth-order valence-corrected chi connectivity index (χ4v) is 3.28. The highest BCUT2D eigenvalue weighted by Gasteiger charge is 2.27. The highest BCUT2D eigenvalue weighted by Crippen LogP contribution is 2.30. The Kier molecular flexibility index (Phi) is 4.29. The maximum Gasteiger partial charge on any atom is 0.137 e. The van der Waals surface area contributed by atoms with Crippen molar-refractivity contribution in [2.45, 2.75) is 38.3 Å². The Hall–Kier alpha value is -1.75. The summed E-state index contributed by atoms with van der Waals surface area (Å²) in [5, 5.41) is 4.27. The van der Waals surface area contributed by atoms with Gasteiger partial charge in [-0.05, 0) is 43.5 Å². The normalized spacial score (nSPS) is 21.3. The van der Waals surface area contributed by atoms with Crippen molar-refractivity contribution in [3.8, 4) is 0 Å². The average molecular weight is 288 g/mol. The molecule has 0 amide bonds. The van der Waals surface area contributed by atoms with Gasteiger partial charge in [0.15, 0.2) is 0 Å². The Labute approximate surface area is 124 Å². The van der Waals surface area contributed by atoms with E-state index in [1.165, 1.54) is 5.56 Å². The van der Waals surface area contributed by atoms with Gasteiger partial charge in [-0.3, -0.25) is 4.90 Å². The van der Waals surface area contributed by atoms with E-state index in [0.29, 0.717) is 12.1 Å². The molecular weight excluding hydrogens is 267 g/mol. The molecule has 21 heavy (non-hydrogen) atoms. The number of rotatable bonds is 4. The van der Waals surface area contributed by atoms with Crippen LogP contribution in [0, 0.1) is 5.82 Å². The fourth-order valence-electron chi connectivity index (χ4n) is 3.28. The summed E-state index contributed by atoms with van der Waals surface area (Å²) in [4.78, 5) is 6.54. The standard InChI is InChI=1S/C16H21FN4/c1-2-16(13-5-7-14(17)8-6-13)20-9-3-4-15(10-20)21-12-18-11-19-21/h5-8,11-12,15-16H,2-4,9-10H2,1H3/t15-,16+/m0/s1. The molecule has 5 heteroatoms. The third-order valence-corrected chi connectivity index (χ3v) is 4.32. The zero-order valence-corrected chi connectivity index (χ0v) is 12.3. The lowest BCUT2D eigenvalue weighted by molar-refractivity contribution is 0.117. The molecule has 4 nitrogen and oxygen atoms in total. The minimum absolute atomic E-state index is 0.173. The second kappa shape index (κ2) is 6.35. The van der Waals surface area contributed by atoms with Gasteiger partial charge in [0.1, 0.15) is 18.5 Å². The number of nitrogens with zero attached hydrogens (tertiary/aromatic N) is 4. The Bertz CT molecular complexity index is 552. The zero-order chi connectivity index (χ0) is 14.7. The van der Waals surface area contributed by atoms with Gasteiger partial charge in [0, 0.05) is 12.6 Å². The van der Waals surface area contributed by atoms with Crippen LogP contribution < -0.4 is 0 Å². The smallest absolute Gasteiger partial charge is 0.137 e. The summed E-state index contributed by atoms with van der Waals surface area (Å²) >= 11 is 0. The maximum absolute atomic E-state index is 13.1. The highest BCUT2D eigenvalue weighted by molar-refractivity contribution is 5.20. The zero-order valence-electron chi connectivity index (χ0n) is 12.3. The highest BCUT2D eigenvalue weighted by atomic mass is 19.1. The van der Waals surface area contributed by atoms with E-state index in [4.69, 9.17) is 0 Å². The molecule has 1 fully saturated rings. The first kappa shape index (κ1) is 14.2. The first-order chi connectivity index (χ1) is 10.3. The van der Waals surface area contributed by atoms with Crippen LogP contribution in [0.3, 0.4) is 0 Å². The lowest BCUT2D eigenvalue weighted by Crippen LogP contribution is -2.39. The summed E-state index contributed by atoms with van der Waals surface area (Å²) in [5.41, 5.74) is 1.19. The molecule has 0 aliphatic carbocycles. The lowest BCUT2D eigenvalue weighted by atomic mass is 9.98. The third-order valence-electron chi connectivity index (χ3n) is 4.32. The number of aromatic nitrogens is 3. The van der Waals surface area contributed by atoms with Gasteiger partial charge in [-0.2, -0.15) is 5.10 Å². The van der Waals surface area contributed by atoms with Crippen LogP contribution in [0.2, 0.25) is 0 Å². The fraction of sp³-hybridized carbons (Fsp3) is 0.500. The van der Waals surface area contributed by atoms with Gasteiger partial charge in [0.25, 0.3) is 0 Å². The molecule has 0 spiro atoms. The van der Waals surface area contributed by atoms with Crippen molar-refractivity contribution in [2.24, 2.45) is 0 Å². The van der Waals surface area contributed by atoms with Gasteiger partial charge in [0.05, 0.1) is 6.04 Å². The Morgan fingerprint density at radius 3 is 2.81 bits per heavy atom. The summed E-state index contributed by atoms with van der Waals surface area (Å²) in [7, 11) is 0. The number of hydrogen-bond acceptors (Lipinski definition) is 3. The summed E-state index contributed by atoms with van der Waals surface area (Å²) in [6.45, 7) is 4.24. The maximum atomic E-state index is 13.1. The topological polar surface area (TPSA) is 34.0 Å². The molecule has 0 unspecified atom stereocenters. The molecule has 2 heterocycles. The van der Waals surface area contributed by atoms with Gasteiger partial charge in [-0.25, -0.2) is 14.1 Å². The van der Waals surface area contributed by atoms with Gasteiger partial charge >= 0.3 is 0 Å². The van der Waals surface area contributed by atoms with E-state index < -0.39 is 0 Å². The Balaban J connectivity index is 1.75. The van der Waals surface area contributed by atoms with Gasteiger partial charge in [-0.15, -0.1) is 0 Å². The van der Waals surface area contributed by atoms with E-state index in [9.17, 15) is 4.39 Å². The number of hydrogen-bond donors (Lipinski definition) is 0. The third kappa shape index (κ3) is 3.13. The Morgan fingerprint density at radius 2 is 2.14 bits per heavy atom. The molecule has 1 aliphatic rings. The van der Waals surface area contributed by atoms with Crippen molar-refractivity contribution in [3.05, 3.63) is 48.3 Å². The van der Waals surface area contributed by atoms with Crippen LogP contribution in [0.5, 0.6) is 0 Å². The predicted molar refractivity (Wildman–Crippen MR) is 79.3 cm³/mol. The van der Waals surface area contributed by atoms with E-state index in [-0.39, 0.29) is 5.82 Å². The Morgan fingerprint density at radius 1 is 1.33 bits per heavy atom. The minimum Gasteiger partial charge on any atom is -0.294 e. The van der Waals surface area contributed by atoms with Gasteiger partial charge in [-0.1, -0.05) is 19.1 Å². The largest absolute Gasteiger partial charge is 0.294 e. The minimum atomic E-state index is -0.173. The summed E-state index contributed by atoms with van der Waals surface area (Å²) < 4.78 is 15.1. The van der Waals surface area contributed by atoms with E-state index in [0.717, 1.165) is 32.4 Å². The van der Waals surface area contributed by atoms with Crippen LogP contribution >= 0.6 is 0 Å². The number of benzene rings is 1. The second-order valence-corrected chi connectivity index (χ2v) is 5.64. The average Bonchev–Trinajstić information content (AvgIpc) is 3.05. The van der Waals surface area contributed by atoms with Crippen molar-refractivity contribution in [3.63, 3.8) is 0 Å². The molecule has 0 radical (unpaired) electrons. The van der Waals surface area contributed by atoms with Gasteiger partial charge < -0.3 is 0 Å². The molecule has 1 saturated heterocycles. The van der Waals surface area contributed by atoms with Crippen LogP contribution in [-0.2, 0) is 0 Å². The molecule has 0 N–H and O–H groups in total. The molecule has 3 rings (SSSR count).